The van der Waals surface area contributed by atoms with Crippen molar-refractivity contribution in [1.29, 1.82) is 0 Å². The van der Waals surface area contributed by atoms with Gasteiger partial charge in [0.1, 0.15) is 24.6 Å². The lowest BCUT2D eigenvalue weighted by atomic mass is 9.53. The fourth-order valence-corrected chi connectivity index (χ4v) is 9.23. The summed E-state index contributed by atoms with van der Waals surface area (Å²) in [6.45, 7) is -0.134. The van der Waals surface area contributed by atoms with Crippen LogP contribution in [0, 0.1) is 17.8 Å². The molecule has 9 heteroatoms. The second-order valence-corrected chi connectivity index (χ2v) is 12.8. The van der Waals surface area contributed by atoms with E-state index in [1.807, 2.05) is 4.57 Å². The van der Waals surface area contributed by atoms with E-state index >= 15 is 0 Å². The van der Waals surface area contributed by atoms with E-state index in [-0.39, 0.29) is 24.4 Å². The number of benzene rings is 1. The number of nitrogens with one attached hydrogen (secondary N) is 1. The zero-order valence-corrected chi connectivity index (χ0v) is 21.3. The van der Waals surface area contributed by atoms with Gasteiger partial charge in [-0.3, -0.25) is 4.57 Å². The average molecular weight is 516 g/mol. The van der Waals surface area contributed by atoms with Crippen LogP contribution in [0.5, 0.6) is 0 Å². The van der Waals surface area contributed by atoms with Crippen LogP contribution in [0.1, 0.15) is 55.9 Å². The number of ether oxygens (including phenoxy) is 3. The maximum Gasteiger partial charge on any atom is 0.177 e. The molecule has 2 unspecified atom stereocenters. The molecule has 7 aliphatic rings. The van der Waals surface area contributed by atoms with Gasteiger partial charge in [0, 0.05) is 18.4 Å². The molecule has 2 N–H and O–H groups in total. The third-order valence-corrected chi connectivity index (χ3v) is 10.3. The highest BCUT2D eigenvalue weighted by Crippen LogP contribution is 2.57. The first kappa shape index (κ1) is 22.2. The molecule has 1 spiro atoms. The van der Waals surface area contributed by atoms with Crippen LogP contribution in [0.3, 0.4) is 0 Å². The summed E-state index contributed by atoms with van der Waals surface area (Å²) in [5.74, 6) is 2.63. The molecule has 0 amide bonds. The van der Waals surface area contributed by atoms with Crippen molar-refractivity contribution in [3.63, 3.8) is 0 Å². The van der Waals surface area contributed by atoms with Crippen molar-refractivity contribution in [3.05, 3.63) is 48.0 Å². The summed E-state index contributed by atoms with van der Waals surface area (Å²) in [5.41, 5.74) is 4.12. The van der Waals surface area contributed by atoms with Gasteiger partial charge in [-0.05, 0) is 67.4 Å². The standard InChI is InChI=1S/C29H33N5O4/c35-13-21-23-24(38-29(37-23)11-19-3-1-2-4-20(19)12-29)27(36-21)34-15-32-22-25(30-14-31-26(22)34)33-28-8-16-5-17(9-28)7-18(6-16)10-28/h1-4,14-18,21,23-24,27,35H,5-13H2,(H,30,31,33)/t16?,17?,18?,21-,23?,24?,27-,28?/m1/s1. The summed E-state index contributed by atoms with van der Waals surface area (Å²) < 4.78 is 21.5. The number of aliphatic hydroxyl groups is 1. The van der Waals surface area contributed by atoms with Crippen LogP contribution in [0.15, 0.2) is 36.9 Å². The molecule has 6 fully saturated rings. The lowest BCUT2D eigenvalue weighted by molar-refractivity contribution is -0.213. The first-order chi connectivity index (χ1) is 18.6. The number of fused-ring (bicyclic) bond motifs is 3. The van der Waals surface area contributed by atoms with E-state index in [1.165, 1.54) is 49.7 Å². The largest absolute Gasteiger partial charge is 0.394 e. The van der Waals surface area contributed by atoms with Gasteiger partial charge in [-0.25, -0.2) is 15.0 Å². The van der Waals surface area contributed by atoms with Crippen LogP contribution in [-0.4, -0.2) is 60.9 Å². The van der Waals surface area contributed by atoms with Gasteiger partial charge in [0.05, 0.1) is 12.9 Å². The minimum atomic E-state index is -0.717. The number of nitrogens with zero attached hydrogens (tertiary/aromatic N) is 4. The van der Waals surface area contributed by atoms with Crippen molar-refractivity contribution in [1.82, 2.24) is 19.5 Å². The van der Waals surface area contributed by atoms with E-state index in [0.29, 0.717) is 18.5 Å². The first-order valence-electron chi connectivity index (χ1n) is 14.2. The van der Waals surface area contributed by atoms with Crippen LogP contribution in [-0.2, 0) is 27.1 Å². The predicted octanol–water partition coefficient (Wildman–Crippen LogP) is 3.38. The minimum Gasteiger partial charge on any atom is -0.394 e. The van der Waals surface area contributed by atoms with Crippen LogP contribution in [0.2, 0.25) is 0 Å². The Morgan fingerprint density at radius 1 is 0.921 bits per heavy atom. The van der Waals surface area contributed by atoms with Crippen molar-refractivity contribution >= 4 is 17.0 Å². The molecule has 4 bridgehead atoms. The van der Waals surface area contributed by atoms with Crippen LogP contribution >= 0.6 is 0 Å². The van der Waals surface area contributed by atoms with Crippen molar-refractivity contribution in [2.24, 2.45) is 17.8 Å². The molecule has 198 valence electrons. The van der Waals surface area contributed by atoms with Crippen molar-refractivity contribution < 1.29 is 19.3 Å². The summed E-state index contributed by atoms with van der Waals surface area (Å²) in [4.78, 5) is 14.1. The third kappa shape index (κ3) is 3.16. The summed E-state index contributed by atoms with van der Waals surface area (Å²) >= 11 is 0. The molecular weight excluding hydrogens is 482 g/mol. The summed E-state index contributed by atoms with van der Waals surface area (Å²) in [7, 11) is 0. The van der Waals surface area contributed by atoms with Gasteiger partial charge >= 0.3 is 0 Å². The van der Waals surface area contributed by atoms with Crippen molar-refractivity contribution in [2.45, 2.75) is 87.2 Å². The summed E-state index contributed by atoms with van der Waals surface area (Å²) in [6, 6.07) is 8.40. The molecule has 2 aromatic heterocycles. The summed E-state index contributed by atoms with van der Waals surface area (Å²) in [6.07, 6.45) is 11.0. The van der Waals surface area contributed by atoms with Crippen LogP contribution in [0.4, 0.5) is 5.82 Å². The van der Waals surface area contributed by atoms with E-state index in [1.54, 1.807) is 12.7 Å². The topological polar surface area (TPSA) is 104 Å². The number of anilines is 1. The molecule has 3 aromatic rings. The molecule has 2 aliphatic heterocycles. The molecule has 4 heterocycles. The van der Waals surface area contributed by atoms with Gasteiger partial charge in [-0.2, -0.15) is 0 Å². The number of rotatable bonds is 4. The molecular formula is C29H33N5O4. The Labute approximate surface area is 220 Å². The minimum absolute atomic E-state index is 0.128. The molecule has 9 nitrogen and oxygen atoms in total. The Kier molecular flexibility index (Phi) is 4.54. The molecule has 4 atom stereocenters. The Bertz CT molecular complexity index is 1360. The monoisotopic (exact) mass is 515 g/mol. The smallest absolute Gasteiger partial charge is 0.177 e. The predicted molar refractivity (Wildman–Crippen MR) is 137 cm³/mol. The zero-order chi connectivity index (χ0) is 25.1. The van der Waals surface area contributed by atoms with Gasteiger partial charge in [-0.1, -0.05) is 24.3 Å². The van der Waals surface area contributed by atoms with E-state index in [2.05, 4.69) is 39.6 Å². The Morgan fingerprint density at radius 2 is 1.61 bits per heavy atom. The van der Waals surface area contributed by atoms with E-state index in [0.717, 1.165) is 29.1 Å². The van der Waals surface area contributed by atoms with Gasteiger partial charge in [0.2, 0.25) is 0 Å². The van der Waals surface area contributed by atoms with Crippen molar-refractivity contribution in [3.8, 4) is 0 Å². The van der Waals surface area contributed by atoms with E-state index in [9.17, 15) is 5.11 Å². The molecule has 4 saturated carbocycles. The van der Waals surface area contributed by atoms with Gasteiger partial charge in [0.25, 0.3) is 0 Å². The number of aliphatic hydroxyl groups excluding tert-OH is 1. The number of aromatic nitrogens is 4. The molecule has 10 rings (SSSR count). The van der Waals surface area contributed by atoms with Gasteiger partial charge in [-0.15, -0.1) is 0 Å². The number of hydrogen-bond donors (Lipinski definition) is 2. The third-order valence-electron chi connectivity index (χ3n) is 10.3. The average Bonchev–Trinajstić information content (AvgIpc) is 3.64. The summed E-state index contributed by atoms with van der Waals surface area (Å²) in [5, 5.41) is 14.0. The fraction of sp³-hybridized carbons (Fsp3) is 0.621. The van der Waals surface area contributed by atoms with E-state index in [4.69, 9.17) is 19.2 Å². The Hall–Kier alpha value is -2.59. The normalized spacial score (nSPS) is 39.8. The van der Waals surface area contributed by atoms with Gasteiger partial charge < -0.3 is 24.6 Å². The molecule has 0 radical (unpaired) electrons. The van der Waals surface area contributed by atoms with Crippen molar-refractivity contribution in [2.75, 3.05) is 11.9 Å². The fourth-order valence-electron chi connectivity index (χ4n) is 9.23. The second-order valence-electron chi connectivity index (χ2n) is 12.8. The Morgan fingerprint density at radius 3 is 2.29 bits per heavy atom. The highest BCUT2D eigenvalue weighted by molar-refractivity contribution is 5.83. The highest BCUT2D eigenvalue weighted by atomic mass is 16.8. The molecule has 1 aromatic carbocycles. The number of imidazole rings is 1. The quantitative estimate of drug-likeness (QED) is 0.545. The zero-order valence-electron chi connectivity index (χ0n) is 21.3. The maximum absolute atomic E-state index is 10.2. The molecule has 38 heavy (non-hydrogen) atoms. The Balaban J connectivity index is 1.03. The maximum atomic E-state index is 10.2. The highest BCUT2D eigenvalue weighted by Gasteiger charge is 2.60. The SMILES string of the molecule is OC[C@H]1O[C@@H](n2cnc3c(NC45CC6CC(CC(C6)C4)C5)ncnc32)C2OC3(Cc4ccccc4C3)OC21. The van der Waals surface area contributed by atoms with Gasteiger partial charge in [0.15, 0.2) is 29.0 Å². The molecule has 5 aliphatic carbocycles. The van der Waals surface area contributed by atoms with E-state index < -0.39 is 18.1 Å². The van der Waals surface area contributed by atoms with Crippen LogP contribution < -0.4 is 5.32 Å². The second kappa shape index (κ2) is 7.75. The lowest BCUT2D eigenvalue weighted by Crippen LogP contribution is -2.54. The molecule has 2 saturated heterocycles. The first-order valence-corrected chi connectivity index (χ1v) is 14.2. The lowest BCUT2D eigenvalue weighted by Gasteiger charge is -2.57. The van der Waals surface area contributed by atoms with Crippen LogP contribution in [0.25, 0.3) is 11.2 Å². The number of hydrogen-bond acceptors (Lipinski definition) is 8.